The number of likely N-dealkylation sites (N-methyl/N-ethyl adjacent to an activating group) is 1. The van der Waals surface area contributed by atoms with Crippen molar-refractivity contribution in [3.63, 3.8) is 0 Å². The normalized spacial score (nSPS) is 12.8. The number of nitrogens with one attached hydrogen (secondary N) is 1. The van der Waals surface area contributed by atoms with Gasteiger partial charge in [-0.2, -0.15) is 0 Å². The van der Waals surface area contributed by atoms with Crippen molar-refractivity contribution in [3.05, 3.63) is 35.4 Å². The number of hydrogen-bond acceptors (Lipinski definition) is 2. The fourth-order valence-electron chi connectivity index (χ4n) is 1.49. The fourth-order valence-corrected chi connectivity index (χ4v) is 1.49. The van der Waals surface area contributed by atoms with Crippen LogP contribution in [0.1, 0.15) is 18.1 Å². The van der Waals surface area contributed by atoms with Gasteiger partial charge < -0.3 is 10.4 Å². The molecule has 2 N–H and O–H groups in total. The smallest absolute Gasteiger partial charge is 0.0704 e. The summed E-state index contributed by atoms with van der Waals surface area (Å²) in [5.41, 5.74) is 2.54. The van der Waals surface area contributed by atoms with Gasteiger partial charge in [-0.3, -0.25) is 0 Å². The first-order valence-corrected chi connectivity index (χ1v) is 5.16. The predicted molar refractivity (Wildman–Crippen MR) is 59.5 cm³/mol. The van der Waals surface area contributed by atoms with E-state index in [4.69, 9.17) is 0 Å². The van der Waals surface area contributed by atoms with Gasteiger partial charge in [0.1, 0.15) is 0 Å². The van der Waals surface area contributed by atoms with Crippen LogP contribution in [-0.4, -0.2) is 24.8 Å². The van der Waals surface area contributed by atoms with Gasteiger partial charge in [0.15, 0.2) is 0 Å². The Morgan fingerprint density at radius 2 is 1.79 bits per heavy atom. The van der Waals surface area contributed by atoms with Crippen molar-refractivity contribution in [2.45, 2.75) is 25.9 Å². The maximum Gasteiger partial charge on any atom is 0.0704 e. The third-order valence-corrected chi connectivity index (χ3v) is 2.34. The quantitative estimate of drug-likeness (QED) is 0.740. The number of aliphatic hydroxyl groups excluding tert-OH is 1. The number of aryl methyl sites for hydroxylation is 1. The van der Waals surface area contributed by atoms with Gasteiger partial charge >= 0.3 is 0 Å². The Bertz CT molecular complexity index is 256. The molecule has 2 nitrogen and oxygen atoms in total. The summed E-state index contributed by atoms with van der Waals surface area (Å²) < 4.78 is 0. The Morgan fingerprint density at radius 1 is 1.21 bits per heavy atom. The van der Waals surface area contributed by atoms with Gasteiger partial charge in [0.05, 0.1) is 6.10 Å². The minimum Gasteiger partial charge on any atom is -0.391 e. The molecular weight excluding hydrogens is 174 g/mol. The average molecular weight is 193 g/mol. The minimum absolute atomic E-state index is 0.285. The van der Waals surface area contributed by atoms with E-state index >= 15 is 0 Å². The third kappa shape index (κ3) is 3.48. The van der Waals surface area contributed by atoms with E-state index < -0.39 is 0 Å². The molecule has 1 unspecified atom stereocenters. The fraction of sp³-hybridized carbons (Fsp3) is 0.500. The van der Waals surface area contributed by atoms with Crippen LogP contribution in [0.5, 0.6) is 0 Å². The van der Waals surface area contributed by atoms with Gasteiger partial charge in [0.25, 0.3) is 0 Å². The highest BCUT2D eigenvalue weighted by Gasteiger charge is 2.03. The predicted octanol–water partition coefficient (Wildman–Crippen LogP) is 1.37. The second-order valence-electron chi connectivity index (χ2n) is 3.59. The molecule has 0 saturated heterocycles. The molecule has 0 spiro atoms. The van der Waals surface area contributed by atoms with Crippen LogP contribution in [0.25, 0.3) is 0 Å². The molecule has 0 aliphatic carbocycles. The van der Waals surface area contributed by atoms with Crippen molar-refractivity contribution in [1.29, 1.82) is 0 Å². The van der Waals surface area contributed by atoms with Crippen molar-refractivity contribution in [2.75, 3.05) is 13.6 Å². The Balaban J connectivity index is 2.50. The lowest BCUT2D eigenvalue weighted by Gasteiger charge is -2.09. The lowest BCUT2D eigenvalue weighted by atomic mass is 10.0. The van der Waals surface area contributed by atoms with Crippen LogP contribution < -0.4 is 5.32 Å². The van der Waals surface area contributed by atoms with E-state index in [-0.39, 0.29) is 6.10 Å². The van der Waals surface area contributed by atoms with Crippen LogP contribution in [0, 0.1) is 0 Å². The molecule has 0 fully saturated rings. The van der Waals surface area contributed by atoms with Crippen molar-refractivity contribution in [2.24, 2.45) is 0 Å². The topological polar surface area (TPSA) is 32.3 Å². The molecule has 0 amide bonds. The second-order valence-corrected chi connectivity index (χ2v) is 3.59. The summed E-state index contributed by atoms with van der Waals surface area (Å²) in [4.78, 5) is 0. The summed E-state index contributed by atoms with van der Waals surface area (Å²) in [5.74, 6) is 0. The molecule has 0 bridgehead atoms. The molecule has 2 heteroatoms. The van der Waals surface area contributed by atoms with Crippen LogP contribution in [0.4, 0.5) is 0 Å². The highest BCUT2D eigenvalue weighted by atomic mass is 16.3. The molecule has 0 aliphatic rings. The average Bonchev–Trinajstić information content (AvgIpc) is 2.19. The van der Waals surface area contributed by atoms with E-state index in [1.54, 1.807) is 0 Å². The summed E-state index contributed by atoms with van der Waals surface area (Å²) in [5, 5.41) is 12.5. The van der Waals surface area contributed by atoms with Crippen molar-refractivity contribution in [3.8, 4) is 0 Å². The molecule has 0 aliphatic heterocycles. The van der Waals surface area contributed by atoms with E-state index in [0.29, 0.717) is 6.54 Å². The first kappa shape index (κ1) is 11.2. The second kappa shape index (κ2) is 5.78. The molecule has 78 valence electrons. The number of hydrogen-bond donors (Lipinski definition) is 2. The molecule has 1 atom stereocenters. The number of aliphatic hydroxyl groups is 1. The van der Waals surface area contributed by atoms with Crippen LogP contribution in [-0.2, 0) is 12.8 Å². The molecular formula is C12H19NO. The zero-order chi connectivity index (χ0) is 10.4. The summed E-state index contributed by atoms with van der Waals surface area (Å²) >= 11 is 0. The van der Waals surface area contributed by atoms with E-state index in [1.807, 2.05) is 7.05 Å². The lowest BCUT2D eigenvalue weighted by Crippen LogP contribution is -2.25. The molecule has 1 aromatic carbocycles. The highest BCUT2D eigenvalue weighted by Crippen LogP contribution is 2.07. The van der Waals surface area contributed by atoms with E-state index in [0.717, 1.165) is 12.8 Å². The van der Waals surface area contributed by atoms with Gasteiger partial charge in [-0.25, -0.2) is 0 Å². The van der Waals surface area contributed by atoms with Crippen LogP contribution in [0.15, 0.2) is 24.3 Å². The number of benzene rings is 1. The summed E-state index contributed by atoms with van der Waals surface area (Å²) in [6, 6.07) is 8.44. The highest BCUT2D eigenvalue weighted by molar-refractivity contribution is 5.22. The Morgan fingerprint density at radius 3 is 2.29 bits per heavy atom. The van der Waals surface area contributed by atoms with Crippen molar-refractivity contribution < 1.29 is 5.11 Å². The molecule has 0 saturated carbocycles. The van der Waals surface area contributed by atoms with Gasteiger partial charge in [-0.05, 0) is 31.0 Å². The Kier molecular flexibility index (Phi) is 4.63. The first-order valence-electron chi connectivity index (χ1n) is 5.16. The maximum absolute atomic E-state index is 9.57. The van der Waals surface area contributed by atoms with Gasteiger partial charge in [0.2, 0.25) is 0 Å². The van der Waals surface area contributed by atoms with E-state index in [9.17, 15) is 5.11 Å². The van der Waals surface area contributed by atoms with Crippen LogP contribution in [0.2, 0.25) is 0 Å². The lowest BCUT2D eigenvalue weighted by molar-refractivity contribution is 0.175. The largest absolute Gasteiger partial charge is 0.391 e. The first-order chi connectivity index (χ1) is 6.76. The molecule has 1 aromatic rings. The third-order valence-electron chi connectivity index (χ3n) is 2.34. The Hall–Kier alpha value is -0.860. The monoisotopic (exact) mass is 193 g/mol. The number of rotatable bonds is 5. The van der Waals surface area contributed by atoms with Crippen LogP contribution >= 0.6 is 0 Å². The Labute approximate surface area is 86.0 Å². The standard InChI is InChI=1S/C12H19NO/c1-3-10-4-6-11(7-5-10)8-12(14)9-13-2/h4-7,12-14H,3,8-9H2,1-2H3. The molecule has 1 rings (SSSR count). The maximum atomic E-state index is 9.57. The summed E-state index contributed by atoms with van der Waals surface area (Å²) in [6.45, 7) is 2.79. The molecule has 0 radical (unpaired) electrons. The zero-order valence-electron chi connectivity index (χ0n) is 8.96. The minimum atomic E-state index is -0.285. The molecule has 0 aromatic heterocycles. The van der Waals surface area contributed by atoms with Gasteiger partial charge in [-0.1, -0.05) is 31.2 Å². The van der Waals surface area contributed by atoms with Gasteiger partial charge in [-0.15, -0.1) is 0 Å². The van der Waals surface area contributed by atoms with Crippen molar-refractivity contribution in [1.82, 2.24) is 5.32 Å². The van der Waals surface area contributed by atoms with E-state index in [1.165, 1.54) is 11.1 Å². The van der Waals surface area contributed by atoms with E-state index in [2.05, 4.69) is 36.5 Å². The van der Waals surface area contributed by atoms with Crippen LogP contribution in [0.3, 0.4) is 0 Å². The molecule has 0 heterocycles. The van der Waals surface area contributed by atoms with Gasteiger partial charge in [0, 0.05) is 6.54 Å². The zero-order valence-corrected chi connectivity index (χ0v) is 8.96. The summed E-state index contributed by atoms with van der Waals surface area (Å²) in [6.07, 6.45) is 1.51. The van der Waals surface area contributed by atoms with Crippen molar-refractivity contribution >= 4 is 0 Å². The SMILES string of the molecule is CCc1ccc(CC(O)CNC)cc1. The summed E-state index contributed by atoms with van der Waals surface area (Å²) in [7, 11) is 1.85. The molecule has 14 heavy (non-hydrogen) atoms.